The lowest BCUT2D eigenvalue weighted by atomic mass is 10.0. The summed E-state index contributed by atoms with van der Waals surface area (Å²) in [6.07, 6.45) is 3.55. The number of hydrogen-bond acceptors (Lipinski definition) is 2. The fraction of sp³-hybridized carbons (Fsp3) is 0. The molecular formula is C14H9N3. The van der Waals surface area contributed by atoms with E-state index < -0.39 is 0 Å². The molecular weight excluding hydrogens is 210 g/mol. The van der Waals surface area contributed by atoms with E-state index in [1.807, 2.05) is 12.3 Å². The monoisotopic (exact) mass is 219 g/mol. The quantitative estimate of drug-likeness (QED) is 0.461. The van der Waals surface area contributed by atoms with Crippen LogP contribution in [0.5, 0.6) is 0 Å². The molecule has 0 atom stereocenters. The number of aromatic nitrogens is 3. The summed E-state index contributed by atoms with van der Waals surface area (Å²) in [7, 11) is 0. The van der Waals surface area contributed by atoms with Gasteiger partial charge in [-0.1, -0.05) is 24.3 Å². The smallest absolute Gasteiger partial charge is 0.0982 e. The highest BCUT2D eigenvalue weighted by molar-refractivity contribution is 6.16. The summed E-state index contributed by atoms with van der Waals surface area (Å²) < 4.78 is 0. The fourth-order valence-corrected chi connectivity index (χ4v) is 2.35. The summed E-state index contributed by atoms with van der Waals surface area (Å²) >= 11 is 0. The van der Waals surface area contributed by atoms with Gasteiger partial charge in [0.25, 0.3) is 0 Å². The topological polar surface area (TPSA) is 41.6 Å². The van der Waals surface area contributed by atoms with E-state index in [4.69, 9.17) is 0 Å². The molecule has 2 heterocycles. The van der Waals surface area contributed by atoms with E-state index in [0.29, 0.717) is 0 Å². The van der Waals surface area contributed by atoms with E-state index in [0.717, 1.165) is 27.3 Å². The van der Waals surface area contributed by atoms with Gasteiger partial charge in [0.05, 0.1) is 22.9 Å². The van der Waals surface area contributed by atoms with Gasteiger partial charge in [0, 0.05) is 17.0 Å². The van der Waals surface area contributed by atoms with Crippen LogP contribution in [0.25, 0.3) is 32.7 Å². The van der Waals surface area contributed by atoms with Crippen LogP contribution in [-0.4, -0.2) is 15.0 Å². The maximum absolute atomic E-state index is 4.49. The molecule has 0 spiro atoms. The van der Waals surface area contributed by atoms with Gasteiger partial charge in [0.15, 0.2) is 0 Å². The second-order valence-corrected chi connectivity index (χ2v) is 4.10. The van der Waals surface area contributed by atoms with Crippen molar-refractivity contribution in [2.75, 3.05) is 0 Å². The van der Waals surface area contributed by atoms with Crippen molar-refractivity contribution >= 4 is 32.7 Å². The van der Waals surface area contributed by atoms with Crippen LogP contribution in [0.1, 0.15) is 0 Å². The summed E-state index contributed by atoms with van der Waals surface area (Å²) in [5, 5.41) is 3.45. The molecule has 0 aliphatic rings. The lowest BCUT2D eigenvalue weighted by molar-refractivity contribution is 1.35. The Hall–Kier alpha value is -2.42. The Kier molecular flexibility index (Phi) is 1.56. The van der Waals surface area contributed by atoms with Crippen LogP contribution < -0.4 is 0 Å². The molecule has 2 aromatic carbocycles. The average Bonchev–Trinajstić information content (AvgIpc) is 2.86. The van der Waals surface area contributed by atoms with Gasteiger partial charge in [-0.3, -0.25) is 4.98 Å². The highest BCUT2D eigenvalue weighted by atomic mass is 14.9. The minimum absolute atomic E-state index is 0.992. The first-order chi connectivity index (χ1) is 8.43. The predicted octanol–water partition coefficient (Wildman–Crippen LogP) is 3.26. The molecule has 0 radical (unpaired) electrons. The largest absolute Gasteiger partial charge is 0.345 e. The molecule has 80 valence electrons. The molecule has 0 unspecified atom stereocenters. The van der Waals surface area contributed by atoms with Crippen molar-refractivity contribution in [1.82, 2.24) is 15.0 Å². The van der Waals surface area contributed by atoms with E-state index in [9.17, 15) is 0 Å². The normalized spacial score (nSPS) is 11.5. The Morgan fingerprint density at radius 1 is 0.824 bits per heavy atom. The molecule has 0 fully saturated rings. The number of nitrogens with zero attached hydrogens (tertiary/aromatic N) is 2. The zero-order valence-corrected chi connectivity index (χ0v) is 9.01. The number of nitrogens with one attached hydrogen (secondary N) is 1. The maximum atomic E-state index is 4.49. The number of imidazole rings is 1. The second kappa shape index (κ2) is 3.04. The molecule has 2 aromatic heterocycles. The minimum atomic E-state index is 0.992. The van der Waals surface area contributed by atoms with Gasteiger partial charge in [-0.2, -0.15) is 0 Å². The van der Waals surface area contributed by atoms with Crippen molar-refractivity contribution in [2.24, 2.45) is 0 Å². The van der Waals surface area contributed by atoms with Crippen molar-refractivity contribution in [3.05, 3.63) is 48.9 Å². The van der Waals surface area contributed by atoms with Gasteiger partial charge in [-0.15, -0.1) is 0 Å². The van der Waals surface area contributed by atoms with Gasteiger partial charge in [0.2, 0.25) is 0 Å². The molecule has 0 saturated carbocycles. The van der Waals surface area contributed by atoms with E-state index in [1.54, 1.807) is 6.33 Å². The van der Waals surface area contributed by atoms with Gasteiger partial charge in [0.1, 0.15) is 0 Å². The first-order valence-corrected chi connectivity index (χ1v) is 5.53. The van der Waals surface area contributed by atoms with E-state index in [2.05, 4.69) is 45.3 Å². The molecule has 4 rings (SSSR count). The van der Waals surface area contributed by atoms with Crippen molar-refractivity contribution < 1.29 is 0 Å². The molecule has 17 heavy (non-hydrogen) atoms. The van der Waals surface area contributed by atoms with Crippen molar-refractivity contribution in [3.63, 3.8) is 0 Å². The number of rotatable bonds is 0. The van der Waals surface area contributed by atoms with Crippen LogP contribution in [0.4, 0.5) is 0 Å². The summed E-state index contributed by atoms with van der Waals surface area (Å²) in [5.41, 5.74) is 3.06. The zero-order chi connectivity index (χ0) is 11.2. The predicted molar refractivity (Wildman–Crippen MR) is 68.9 cm³/mol. The molecule has 0 aliphatic heterocycles. The Labute approximate surface area is 97.1 Å². The molecule has 4 aromatic rings. The third-order valence-electron chi connectivity index (χ3n) is 3.14. The minimum Gasteiger partial charge on any atom is -0.345 e. The Morgan fingerprint density at radius 3 is 2.71 bits per heavy atom. The molecule has 3 heteroatoms. The average molecular weight is 219 g/mol. The molecule has 0 amide bonds. The molecule has 0 bridgehead atoms. The van der Waals surface area contributed by atoms with Gasteiger partial charge in [-0.05, 0) is 17.5 Å². The van der Waals surface area contributed by atoms with Crippen LogP contribution in [0, 0.1) is 0 Å². The Bertz CT molecular complexity index is 846. The maximum Gasteiger partial charge on any atom is 0.0982 e. The second-order valence-electron chi connectivity index (χ2n) is 4.10. The summed E-state index contributed by atoms with van der Waals surface area (Å²) in [6.45, 7) is 0. The third-order valence-corrected chi connectivity index (χ3v) is 3.14. The molecule has 0 saturated heterocycles. The number of aromatic amines is 1. The number of fused-ring (bicyclic) bond motifs is 5. The van der Waals surface area contributed by atoms with Gasteiger partial charge in [-0.25, -0.2) is 4.98 Å². The van der Waals surface area contributed by atoms with Crippen molar-refractivity contribution in [2.45, 2.75) is 0 Å². The molecule has 3 nitrogen and oxygen atoms in total. The first kappa shape index (κ1) is 8.70. The van der Waals surface area contributed by atoms with Crippen LogP contribution in [0.3, 0.4) is 0 Å². The highest BCUT2D eigenvalue weighted by Crippen LogP contribution is 2.28. The highest BCUT2D eigenvalue weighted by Gasteiger charge is 2.07. The van der Waals surface area contributed by atoms with Crippen molar-refractivity contribution in [1.29, 1.82) is 0 Å². The summed E-state index contributed by atoms with van der Waals surface area (Å²) in [6, 6.07) is 12.4. The van der Waals surface area contributed by atoms with Gasteiger partial charge >= 0.3 is 0 Å². The van der Waals surface area contributed by atoms with Crippen LogP contribution >= 0.6 is 0 Å². The number of benzene rings is 2. The Morgan fingerprint density at radius 2 is 1.71 bits per heavy atom. The van der Waals surface area contributed by atoms with Crippen LogP contribution in [-0.2, 0) is 0 Å². The zero-order valence-electron chi connectivity index (χ0n) is 9.01. The number of pyridine rings is 1. The Balaban J connectivity index is 2.41. The SMILES string of the molecule is c1cnc2c(c1)ccc1ccc3[nH]cnc3c12. The summed E-state index contributed by atoms with van der Waals surface area (Å²) in [5.74, 6) is 0. The van der Waals surface area contributed by atoms with Crippen LogP contribution in [0.15, 0.2) is 48.9 Å². The molecule has 0 aliphatic carbocycles. The lowest BCUT2D eigenvalue weighted by Gasteiger charge is -2.03. The standard InChI is InChI=1S/C14H9N3/c1-2-10-4-3-9-5-6-11-14(17-8-16-11)12(9)13(10)15-7-1/h1-8H,(H,16,17). The first-order valence-electron chi connectivity index (χ1n) is 5.53. The third kappa shape index (κ3) is 1.11. The lowest BCUT2D eigenvalue weighted by Crippen LogP contribution is -1.82. The van der Waals surface area contributed by atoms with E-state index >= 15 is 0 Å². The van der Waals surface area contributed by atoms with Crippen LogP contribution in [0.2, 0.25) is 0 Å². The molecule has 1 N–H and O–H groups in total. The van der Waals surface area contributed by atoms with E-state index in [1.165, 1.54) is 5.39 Å². The van der Waals surface area contributed by atoms with Gasteiger partial charge < -0.3 is 4.98 Å². The fourth-order valence-electron chi connectivity index (χ4n) is 2.35. The number of H-pyrrole nitrogens is 1. The van der Waals surface area contributed by atoms with Crippen molar-refractivity contribution in [3.8, 4) is 0 Å². The number of hydrogen-bond donors (Lipinski definition) is 1. The summed E-state index contributed by atoms with van der Waals surface area (Å²) in [4.78, 5) is 12.0. The van der Waals surface area contributed by atoms with E-state index in [-0.39, 0.29) is 0 Å².